The Morgan fingerprint density at radius 1 is 1.38 bits per heavy atom. The number of carboxylic acids is 1. The fraction of sp³-hybridized carbons (Fsp3) is 0.867. The van der Waals surface area contributed by atoms with Crippen LogP contribution in [0, 0.1) is 5.41 Å². The van der Waals surface area contributed by atoms with Gasteiger partial charge in [0.2, 0.25) is 0 Å². The minimum atomic E-state index is -0.962. The van der Waals surface area contributed by atoms with E-state index in [1.807, 2.05) is 0 Å². The Kier molecular flexibility index (Phi) is 5.08. The van der Waals surface area contributed by atoms with E-state index in [1.165, 1.54) is 17.7 Å². The van der Waals surface area contributed by atoms with Gasteiger partial charge >= 0.3 is 12.0 Å². The average molecular weight is 298 g/mol. The maximum Gasteiger partial charge on any atom is 0.326 e. The lowest BCUT2D eigenvalue weighted by Gasteiger charge is -2.30. The Bertz CT molecular complexity index is 393. The zero-order chi connectivity index (χ0) is 15.5. The van der Waals surface area contributed by atoms with Crippen LogP contribution in [-0.2, 0) is 9.53 Å². The van der Waals surface area contributed by atoms with Gasteiger partial charge in [-0.1, -0.05) is 19.8 Å². The predicted octanol–water partition coefficient (Wildman–Crippen LogP) is 1.84. The molecule has 6 heteroatoms. The zero-order valence-corrected chi connectivity index (χ0v) is 12.9. The van der Waals surface area contributed by atoms with Crippen LogP contribution in [-0.4, -0.2) is 54.4 Å². The van der Waals surface area contributed by atoms with Crippen LogP contribution < -0.4 is 5.32 Å². The summed E-state index contributed by atoms with van der Waals surface area (Å²) in [6.07, 6.45) is 5.95. The molecule has 1 aliphatic heterocycles. The van der Waals surface area contributed by atoms with E-state index in [4.69, 9.17) is 4.74 Å². The number of amides is 2. The SMILES string of the molecule is CCC1(CNC(=O)N2CC(OC)CC2C(=O)O)CCCC1. The lowest BCUT2D eigenvalue weighted by Crippen LogP contribution is -2.48. The number of hydrogen-bond donors (Lipinski definition) is 2. The number of likely N-dealkylation sites (tertiary alicyclic amines) is 1. The maximum atomic E-state index is 12.3. The third-order valence-corrected chi connectivity index (χ3v) is 5.17. The van der Waals surface area contributed by atoms with Gasteiger partial charge in [-0.15, -0.1) is 0 Å². The third-order valence-electron chi connectivity index (χ3n) is 5.17. The first-order valence-electron chi connectivity index (χ1n) is 7.81. The molecule has 1 aliphatic carbocycles. The van der Waals surface area contributed by atoms with E-state index in [2.05, 4.69) is 12.2 Å². The summed E-state index contributed by atoms with van der Waals surface area (Å²) in [5.41, 5.74) is 0.203. The van der Waals surface area contributed by atoms with Crippen molar-refractivity contribution in [3.8, 4) is 0 Å². The molecule has 6 nitrogen and oxygen atoms in total. The lowest BCUT2D eigenvalue weighted by atomic mass is 9.83. The molecule has 2 rings (SSSR count). The van der Waals surface area contributed by atoms with E-state index in [1.54, 1.807) is 7.11 Å². The molecule has 2 fully saturated rings. The number of aliphatic carboxylic acids is 1. The van der Waals surface area contributed by atoms with Crippen LogP contribution in [0.25, 0.3) is 0 Å². The summed E-state index contributed by atoms with van der Waals surface area (Å²) in [4.78, 5) is 25.0. The van der Waals surface area contributed by atoms with Crippen molar-refractivity contribution < 1.29 is 19.4 Å². The maximum absolute atomic E-state index is 12.3. The van der Waals surface area contributed by atoms with E-state index in [-0.39, 0.29) is 17.6 Å². The quantitative estimate of drug-likeness (QED) is 0.811. The first kappa shape index (κ1) is 16.1. The highest BCUT2D eigenvalue weighted by Gasteiger charge is 2.40. The summed E-state index contributed by atoms with van der Waals surface area (Å²) in [5.74, 6) is -0.962. The molecule has 1 saturated heterocycles. The number of carboxylic acid groups (broad SMARTS) is 1. The van der Waals surface area contributed by atoms with Crippen molar-refractivity contribution in [3.63, 3.8) is 0 Å². The number of urea groups is 1. The monoisotopic (exact) mass is 298 g/mol. The standard InChI is InChI=1S/C15H26N2O4/c1-3-15(6-4-5-7-15)10-16-14(20)17-9-11(21-2)8-12(17)13(18)19/h11-12H,3-10H2,1-2H3,(H,16,20)(H,18,19). The molecule has 1 saturated carbocycles. The molecule has 0 spiro atoms. The van der Waals surface area contributed by atoms with Gasteiger partial charge in [0, 0.05) is 26.6 Å². The third kappa shape index (κ3) is 3.48. The van der Waals surface area contributed by atoms with E-state index in [0.717, 1.165) is 19.3 Å². The van der Waals surface area contributed by atoms with Gasteiger partial charge in [0.1, 0.15) is 6.04 Å². The van der Waals surface area contributed by atoms with Crippen molar-refractivity contribution >= 4 is 12.0 Å². The smallest absolute Gasteiger partial charge is 0.326 e. The number of nitrogens with one attached hydrogen (secondary N) is 1. The topological polar surface area (TPSA) is 78.9 Å². The van der Waals surface area contributed by atoms with Crippen LogP contribution in [0.3, 0.4) is 0 Å². The first-order valence-corrected chi connectivity index (χ1v) is 7.81. The summed E-state index contributed by atoms with van der Waals surface area (Å²) >= 11 is 0. The molecule has 0 aromatic heterocycles. The molecule has 1 heterocycles. The van der Waals surface area contributed by atoms with Crippen LogP contribution in [0.15, 0.2) is 0 Å². The molecule has 0 bridgehead atoms. The van der Waals surface area contributed by atoms with Crippen LogP contribution in [0.2, 0.25) is 0 Å². The fourth-order valence-electron chi connectivity index (χ4n) is 3.57. The summed E-state index contributed by atoms with van der Waals surface area (Å²) in [7, 11) is 1.55. The number of ether oxygens (including phenoxy) is 1. The second-order valence-electron chi connectivity index (χ2n) is 6.32. The highest BCUT2D eigenvalue weighted by Crippen LogP contribution is 2.40. The predicted molar refractivity (Wildman–Crippen MR) is 78.1 cm³/mol. The second-order valence-corrected chi connectivity index (χ2v) is 6.32. The van der Waals surface area contributed by atoms with Crippen molar-refractivity contribution in [2.24, 2.45) is 5.41 Å². The average Bonchev–Trinajstić information content (AvgIpc) is 3.12. The Labute approximate surface area is 125 Å². The van der Waals surface area contributed by atoms with E-state index in [9.17, 15) is 14.7 Å². The number of nitrogens with zero attached hydrogens (tertiary/aromatic N) is 1. The van der Waals surface area contributed by atoms with Crippen molar-refractivity contribution in [1.29, 1.82) is 0 Å². The number of rotatable bonds is 5. The van der Waals surface area contributed by atoms with Crippen LogP contribution in [0.1, 0.15) is 45.4 Å². The molecule has 0 aromatic rings. The van der Waals surface area contributed by atoms with E-state index in [0.29, 0.717) is 19.5 Å². The molecule has 0 radical (unpaired) electrons. The molecule has 2 atom stereocenters. The van der Waals surface area contributed by atoms with Gasteiger partial charge in [0.15, 0.2) is 0 Å². The fourth-order valence-corrected chi connectivity index (χ4v) is 3.57. The molecular formula is C15H26N2O4. The lowest BCUT2D eigenvalue weighted by molar-refractivity contribution is -0.141. The molecule has 0 aromatic carbocycles. The summed E-state index contributed by atoms with van der Waals surface area (Å²) in [6, 6.07) is -1.06. The van der Waals surface area contributed by atoms with E-state index < -0.39 is 12.0 Å². The summed E-state index contributed by atoms with van der Waals surface area (Å²) in [5, 5.41) is 12.2. The van der Waals surface area contributed by atoms with Gasteiger partial charge in [-0.3, -0.25) is 0 Å². The molecule has 2 amide bonds. The van der Waals surface area contributed by atoms with E-state index >= 15 is 0 Å². The Morgan fingerprint density at radius 3 is 2.57 bits per heavy atom. The van der Waals surface area contributed by atoms with Gasteiger partial charge in [-0.25, -0.2) is 9.59 Å². The highest BCUT2D eigenvalue weighted by atomic mass is 16.5. The summed E-state index contributed by atoms with van der Waals surface area (Å²) in [6.45, 7) is 3.15. The molecule has 2 N–H and O–H groups in total. The van der Waals surface area contributed by atoms with Gasteiger partial charge < -0.3 is 20.1 Å². The van der Waals surface area contributed by atoms with Gasteiger partial charge in [-0.05, 0) is 24.7 Å². The largest absolute Gasteiger partial charge is 0.480 e. The summed E-state index contributed by atoms with van der Waals surface area (Å²) < 4.78 is 5.21. The number of carbonyl (C=O) groups excluding carboxylic acids is 1. The van der Waals surface area contributed by atoms with Gasteiger partial charge in [0.05, 0.1) is 6.10 Å². The van der Waals surface area contributed by atoms with Gasteiger partial charge in [0.25, 0.3) is 0 Å². The minimum Gasteiger partial charge on any atom is -0.480 e. The van der Waals surface area contributed by atoms with Crippen LogP contribution >= 0.6 is 0 Å². The van der Waals surface area contributed by atoms with Crippen LogP contribution in [0.5, 0.6) is 0 Å². The molecule has 2 aliphatic rings. The minimum absolute atomic E-state index is 0.191. The van der Waals surface area contributed by atoms with Crippen molar-refractivity contribution in [1.82, 2.24) is 10.2 Å². The Hall–Kier alpha value is -1.30. The Morgan fingerprint density at radius 2 is 2.05 bits per heavy atom. The highest BCUT2D eigenvalue weighted by molar-refractivity contribution is 5.83. The second kappa shape index (κ2) is 6.64. The van der Waals surface area contributed by atoms with Crippen molar-refractivity contribution in [2.75, 3.05) is 20.2 Å². The number of carbonyl (C=O) groups is 2. The van der Waals surface area contributed by atoms with Crippen LogP contribution in [0.4, 0.5) is 4.79 Å². The number of methoxy groups -OCH3 is 1. The number of hydrogen-bond acceptors (Lipinski definition) is 3. The van der Waals surface area contributed by atoms with Crippen molar-refractivity contribution in [2.45, 2.75) is 57.6 Å². The normalized spacial score (nSPS) is 27.8. The van der Waals surface area contributed by atoms with Crippen molar-refractivity contribution in [3.05, 3.63) is 0 Å². The zero-order valence-electron chi connectivity index (χ0n) is 12.9. The molecule has 2 unspecified atom stereocenters. The molecule has 21 heavy (non-hydrogen) atoms. The first-order chi connectivity index (χ1) is 10.0. The molecular weight excluding hydrogens is 272 g/mol. The Balaban J connectivity index is 1.94. The van der Waals surface area contributed by atoms with Gasteiger partial charge in [-0.2, -0.15) is 0 Å². The molecule has 120 valence electrons.